The Morgan fingerprint density at radius 3 is 1.94 bits per heavy atom. The highest BCUT2D eigenvalue weighted by Crippen LogP contribution is 2.18. The van der Waals surface area contributed by atoms with Gasteiger partial charge in [0.2, 0.25) is 10.0 Å². The van der Waals surface area contributed by atoms with Crippen LogP contribution in [0, 0.1) is 0 Å². The first-order valence-corrected chi connectivity index (χ1v) is 7.78. The summed E-state index contributed by atoms with van der Waals surface area (Å²) in [6.45, 7) is 5.12. The molecule has 18 heavy (non-hydrogen) atoms. The highest BCUT2D eigenvalue weighted by molar-refractivity contribution is 7.89. The number of rotatable bonds is 7. The lowest BCUT2D eigenvalue weighted by Crippen LogP contribution is -2.32. The SMILES string of the molecule is CCCN(CCC)S(=O)(=O)c1ccc(NC)cc1. The van der Waals surface area contributed by atoms with Crippen molar-refractivity contribution in [3.8, 4) is 0 Å². The van der Waals surface area contributed by atoms with Gasteiger partial charge in [-0.2, -0.15) is 4.31 Å². The molecule has 0 aliphatic heterocycles. The second kappa shape index (κ2) is 6.75. The molecule has 0 aromatic heterocycles. The maximum Gasteiger partial charge on any atom is 0.243 e. The second-order valence-electron chi connectivity index (χ2n) is 4.18. The average Bonchev–Trinajstić information content (AvgIpc) is 2.38. The summed E-state index contributed by atoms with van der Waals surface area (Å²) in [5.74, 6) is 0. The van der Waals surface area contributed by atoms with E-state index in [2.05, 4.69) is 5.32 Å². The third-order valence-electron chi connectivity index (χ3n) is 2.73. The fourth-order valence-corrected chi connectivity index (χ4v) is 3.42. The molecular formula is C13H22N2O2S. The summed E-state index contributed by atoms with van der Waals surface area (Å²) in [5.41, 5.74) is 0.909. The third kappa shape index (κ3) is 3.46. The van der Waals surface area contributed by atoms with Gasteiger partial charge in [0.25, 0.3) is 0 Å². The number of sulfonamides is 1. The van der Waals surface area contributed by atoms with Crippen LogP contribution in [0.1, 0.15) is 26.7 Å². The second-order valence-corrected chi connectivity index (χ2v) is 6.12. The largest absolute Gasteiger partial charge is 0.388 e. The summed E-state index contributed by atoms with van der Waals surface area (Å²) in [7, 11) is -1.54. The van der Waals surface area contributed by atoms with Crippen LogP contribution in [0.15, 0.2) is 29.2 Å². The van der Waals surface area contributed by atoms with Gasteiger partial charge in [0, 0.05) is 25.8 Å². The van der Waals surface area contributed by atoms with E-state index < -0.39 is 10.0 Å². The van der Waals surface area contributed by atoms with Crippen LogP contribution in [-0.2, 0) is 10.0 Å². The quantitative estimate of drug-likeness (QED) is 0.828. The highest BCUT2D eigenvalue weighted by Gasteiger charge is 2.22. The lowest BCUT2D eigenvalue weighted by molar-refractivity contribution is 0.410. The molecule has 4 nitrogen and oxygen atoms in total. The highest BCUT2D eigenvalue weighted by atomic mass is 32.2. The normalized spacial score (nSPS) is 11.8. The topological polar surface area (TPSA) is 49.4 Å². The van der Waals surface area contributed by atoms with E-state index in [1.54, 1.807) is 28.6 Å². The Morgan fingerprint density at radius 2 is 1.56 bits per heavy atom. The minimum Gasteiger partial charge on any atom is -0.388 e. The molecule has 5 heteroatoms. The summed E-state index contributed by atoms with van der Waals surface area (Å²) >= 11 is 0. The fourth-order valence-electron chi connectivity index (χ4n) is 1.79. The summed E-state index contributed by atoms with van der Waals surface area (Å²) in [4.78, 5) is 0.364. The Hall–Kier alpha value is -1.07. The van der Waals surface area contributed by atoms with Gasteiger partial charge in [0.05, 0.1) is 4.90 Å². The number of nitrogens with one attached hydrogen (secondary N) is 1. The molecule has 1 aromatic rings. The van der Waals surface area contributed by atoms with E-state index in [4.69, 9.17) is 0 Å². The average molecular weight is 270 g/mol. The Kier molecular flexibility index (Phi) is 5.62. The van der Waals surface area contributed by atoms with Crippen molar-refractivity contribution in [3.05, 3.63) is 24.3 Å². The smallest absolute Gasteiger partial charge is 0.243 e. The van der Waals surface area contributed by atoms with Crippen molar-refractivity contribution >= 4 is 15.7 Å². The predicted molar refractivity (Wildman–Crippen MR) is 75.3 cm³/mol. The predicted octanol–water partition coefficient (Wildman–Crippen LogP) is 2.54. The molecular weight excluding hydrogens is 248 g/mol. The van der Waals surface area contributed by atoms with Crippen molar-refractivity contribution in [2.45, 2.75) is 31.6 Å². The Morgan fingerprint density at radius 1 is 1.06 bits per heavy atom. The summed E-state index contributed by atoms with van der Waals surface area (Å²) < 4.78 is 26.4. The van der Waals surface area contributed by atoms with Gasteiger partial charge in [-0.1, -0.05) is 13.8 Å². The molecule has 102 valence electrons. The van der Waals surface area contributed by atoms with Crippen LogP contribution >= 0.6 is 0 Å². The molecule has 0 aliphatic rings. The molecule has 0 atom stereocenters. The number of nitrogens with zero attached hydrogens (tertiary/aromatic N) is 1. The summed E-state index contributed by atoms with van der Waals surface area (Å²) in [5, 5.41) is 2.98. The van der Waals surface area contributed by atoms with Crippen LogP contribution in [0.25, 0.3) is 0 Å². The van der Waals surface area contributed by atoms with Gasteiger partial charge in [-0.25, -0.2) is 8.42 Å². The van der Waals surface area contributed by atoms with Crippen LogP contribution in [-0.4, -0.2) is 32.9 Å². The zero-order chi connectivity index (χ0) is 13.6. The van der Waals surface area contributed by atoms with Crippen LogP contribution in [0.4, 0.5) is 5.69 Å². The fraction of sp³-hybridized carbons (Fsp3) is 0.538. The lowest BCUT2D eigenvalue weighted by Gasteiger charge is -2.21. The molecule has 0 unspecified atom stereocenters. The van der Waals surface area contributed by atoms with E-state index >= 15 is 0 Å². The van der Waals surface area contributed by atoms with Gasteiger partial charge >= 0.3 is 0 Å². The van der Waals surface area contributed by atoms with E-state index in [9.17, 15) is 8.42 Å². The molecule has 0 saturated heterocycles. The third-order valence-corrected chi connectivity index (χ3v) is 4.64. The van der Waals surface area contributed by atoms with Crippen LogP contribution in [0.3, 0.4) is 0 Å². The molecule has 0 bridgehead atoms. The van der Waals surface area contributed by atoms with Crippen LogP contribution in [0.2, 0.25) is 0 Å². The minimum atomic E-state index is -3.34. The minimum absolute atomic E-state index is 0.364. The molecule has 0 heterocycles. The van der Waals surface area contributed by atoms with Crippen molar-refractivity contribution in [3.63, 3.8) is 0 Å². The zero-order valence-electron chi connectivity index (χ0n) is 11.3. The Balaban J connectivity index is 3.01. The Labute approximate surface area is 110 Å². The van der Waals surface area contributed by atoms with E-state index in [0.29, 0.717) is 18.0 Å². The molecule has 0 amide bonds. The van der Waals surface area contributed by atoms with Gasteiger partial charge in [0.1, 0.15) is 0 Å². The van der Waals surface area contributed by atoms with Crippen molar-refractivity contribution in [1.29, 1.82) is 0 Å². The molecule has 0 fully saturated rings. The van der Waals surface area contributed by atoms with E-state index in [0.717, 1.165) is 18.5 Å². The zero-order valence-corrected chi connectivity index (χ0v) is 12.1. The summed E-state index contributed by atoms with van der Waals surface area (Å²) in [6.07, 6.45) is 1.65. The molecule has 1 N–H and O–H groups in total. The Bertz CT molecular complexity index is 448. The number of hydrogen-bond acceptors (Lipinski definition) is 3. The first-order valence-electron chi connectivity index (χ1n) is 6.34. The van der Waals surface area contributed by atoms with Crippen molar-refractivity contribution in [2.75, 3.05) is 25.5 Å². The van der Waals surface area contributed by atoms with Gasteiger partial charge < -0.3 is 5.32 Å². The summed E-state index contributed by atoms with van der Waals surface area (Å²) in [6, 6.07) is 6.87. The lowest BCUT2D eigenvalue weighted by atomic mass is 10.3. The molecule has 1 aromatic carbocycles. The first kappa shape index (κ1) is 15.0. The van der Waals surface area contributed by atoms with Crippen molar-refractivity contribution in [1.82, 2.24) is 4.31 Å². The van der Waals surface area contributed by atoms with Crippen molar-refractivity contribution in [2.24, 2.45) is 0 Å². The molecule has 0 saturated carbocycles. The van der Waals surface area contributed by atoms with Gasteiger partial charge in [-0.05, 0) is 37.1 Å². The molecule has 0 radical (unpaired) electrons. The van der Waals surface area contributed by atoms with Crippen LogP contribution in [0.5, 0.6) is 0 Å². The van der Waals surface area contributed by atoms with Crippen LogP contribution < -0.4 is 5.32 Å². The maximum atomic E-state index is 12.4. The van der Waals surface area contributed by atoms with Gasteiger partial charge in [0.15, 0.2) is 0 Å². The number of benzene rings is 1. The molecule has 0 spiro atoms. The first-order chi connectivity index (χ1) is 8.56. The monoisotopic (exact) mass is 270 g/mol. The molecule has 1 rings (SSSR count). The van der Waals surface area contributed by atoms with E-state index in [1.165, 1.54) is 0 Å². The molecule has 0 aliphatic carbocycles. The number of anilines is 1. The van der Waals surface area contributed by atoms with E-state index in [-0.39, 0.29) is 0 Å². The van der Waals surface area contributed by atoms with Gasteiger partial charge in [-0.15, -0.1) is 0 Å². The van der Waals surface area contributed by atoms with E-state index in [1.807, 2.05) is 20.9 Å². The number of hydrogen-bond donors (Lipinski definition) is 1. The standard InChI is InChI=1S/C13H22N2O2S/c1-4-10-15(11-5-2)18(16,17)13-8-6-12(14-3)7-9-13/h6-9,14H,4-5,10-11H2,1-3H3. The maximum absolute atomic E-state index is 12.4. The van der Waals surface area contributed by atoms with Gasteiger partial charge in [-0.3, -0.25) is 0 Å². The van der Waals surface area contributed by atoms with Crippen molar-refractivity contribution < 1.29 is 8.42 Å².